The van der Waals surface area contributed by atoms with E-state index in [1.54, 1.807) is 0 Å². The number of nitrogens with zero attached hydrogens (tertiary/aromatic N) is 1. The van der Waals surface area contributed by atoms with Crippen molar-refractivity contribution < 1.29 is 0 Å². The summed E-state index contributed by atoms with van der Waals surface area (Å²) >= 11 is 0. The molecule has 0 aromatic rings. The Morgan fingerprint density at radius 2 is 2.21 bits per heavy atom. The summed E-state index contributed by atoms with van der Waals surface area (Å²) in [6.07, 6.45) is 1.30. The summed E-state index contributed by atoms with van der Waals surface area (Å²) in [4.78, 5) is 2.49. The molecule has 3 heteroatoms. The normalized spacial score (nSPS) is 35.6. The largest absolute Gasteiger partial charge is 0.316 e. The van der Waals surface area contributed by atoms with Crippen molar-refractivity contribution in [3.05, 3.63) is 0 Å². The molecular weight excluding hydrogens is 174 g/mol. The third-order valence-electron chi connectivity index (χ3n) is 3.64. The second kappa shape index (κ2) is 4.60. The highest BCUT2D eigenvalue weighted by molar-refractivity contribution is 4.90. The third-order valence-corrected chi connectivity index (χ3v) is 3.64. The summed E-state index contributed by atoms with van der Waals surface area (Å²) in [5, 5.41) is 7.23. The average molecular weight is 197 g/mol. The number of nitrogens with one attached hydrogen (secondary N) is 2. The summed E-state index contributed by atoms with van der Waals surface area (Å²) in [6.45, 7) is 10.7. The van der Waals surface area contributed by atoms with Gasteiger partial charge in [-0.1, -0.05) is 13.8 Å². The lowest BCUT2D eigenvalue weighted by Crippen LogP contribution is -2.62. The molecule has 2 heterocycles. The standard InChI is InChI=1S/C11H23N3/c1-3-14-7-10(8-14)13-11-4-5-12-6-9(11)2/h9-13H,3-8H2,1-2H3. The first-order chi connectivity index (χ1) is 6.79. The number of likely N-dealkylation sites (N-methyl/N-ethyl adjacent to an activating group) is 1. The molecule has 82 valence electrons. The van der Waals surface area contributed by atoms with Crippen LogP contribution in [0.25, 0.3) is 0 Å². The van der Waals surface area contributed by atoms with Crippen LogP contribution in [0.4, 0.5) is 0 Å². The Hall–Kier alpha value is -0.120. The zero-order valence-corrected chi connectivity index (χ0v) is 9.42. The summed E-state index contributed by atoms with van der Waals surface area (Å²) in [5.74, 6) is 0.791. The molecule has 0 aliphatic carbocycles. The minimum atomic E-state index is 0.750. The van der Waals surface area contributed by atoms with Gasteiger partial charge in [-0.25, -0.2) is 0 Å². The molecule has 3 nitrogen and oxygen atoms in total. The molecule has 2 fully saturated rings. The van der Waals surface area contributed by atoms with Gasteiger partial charge >= 0.3 is 0 Å². The van der Waals surface area contributed by atoms with Gasteiger partial charge in [0.1, 0.15) is 0 Å². The fraction of sp³-hybridized carbons (Fsp3) is 1.00. The first kappa shape index (κ1) is 10.4. The number of piperidine rings is 1. The van der Waals surface area contributed by atoms with E-state index in [1.807, 2.05) is 0 Å². The number of rotatable bonds is 3. The summed E-state index contributed by atoms with van der Waals surface area (Å²) in [7, 11) is 0. The molecular formula is C11H23N3. The monoisotopic (exact) mass is 197 g/mol. The lowest BCUT2D eigenvalue weighted by atomic mass is 9.93. The van der Waals surface area contributed by atoms with E-state index >= 15 is 0 Å². The van der Waals surface area contributed by atoms with Gasteiger partial charge in [0, 0.05) is 25.2 Å². The van der Waals surface area contributed by atoms with Crippen LogP contribution in [0.2, 0.25) is 0 Å². The highest BCUT2D eigenvalue weighted by Crippen LogP contribution is 2.14. The number of hydrogen-bond acceptors (Lipinski definition) is 3. The second-order valence-electron chi connectivity index (χ2n) is 4.79. The van der Waals surface area contributed by atoms with Crippen LogP contribution in [0.5, 0.6) is 0 Å². The molecule has 0 amide bonds. The van der Waals surface area contributed by atoms with Crippen LogP contribution in [0.3, 0.4) is 0 Å². The smallest absolute Gasteiger partial charge is 0.0325 e. The maximum Gasteiger partial charge on any atom is 0.0325 e. The molecule has 0 spiro atoms. The van der Waals surface area contributed by atoms with Gasteiger partial charge in [0.15, 0.2) is 0 Å². The summed E-state index contributed by atoms with van der Waals surface area (Å²) in [5.41, 5.74) is 0. The Labute approximate surface area is 87.2 Å². The molecule has 0 radical (unpaired) electrons. The Bertz CT molecular complexity index is 177. The molecule has 0 saturated carbocycles. The van der Waals surface area contributed by atoms with E-state index in [2.05, 4.69) is 29.4 Å². The van der Waals surface area contributed by atoms with Crippen LogP contribution in [0.1, 0.15) is 20.3 Å². The van der Waals surface area contributed by atoms with Gasteiger partial charge in [-0.2, -0.15) is 0 Å². The Morgan fingerprint density at radius 1 is 1.43 bits per heavy atom. The number of likely N-dealkylation sites (tertiary alicyclic amines) is 1. The first-order valence-corrected chi connectivity index (χ1v) is 5.98. The summed E-state index contributed by atoms with van der Waals surface area (Å²) in [6, 6.07) is 1.51. The van der Waals surface area contributed by atoms with Crippen LogP contribution >= 0.6 is 0 Å². The van der Waals surface area contributed by atoms with Gasteiger partial charge in [-0.15, -0.1) is 0 Å². The van der Waals surface area contributed by atoms with E-state index in [9.17, 15) is 0 Å². The minimum absolute atomic E-state index is 0.750. The molecule has 2 atom stereocenters. The van der Waals surface area contributed by atoms with Gasteiger partial charge in [0.05, 0.1) is 0 Å². The van der Waals surface area contributed by atoms with Crippen LogP contribution < -0.4 is 10.6 Å². The Kier molecular flexibility index (Phi) is 3.42. The predicted molar refractivity (Wildman–Crippen MR) is 59.5 cm³/mol. The molecule has 0 aromatic heterocycles. The molecule has 0 aromatic carbocycles. The minimum Gasteiger partial charge on any atom is -0.316 e. The van der Waals surface area contributed by atoms with E-state index in [4.69, 9.17) is 0 Å². The molecule has 14 heavy (non-hydrogen) atoms. The van der Waals surface area contributed by atoms with Crippen LogP contribution in [-0.2, 0) is 0 Å². The van der Waals surface area contributed by atoms with Gasteiger partial charge in [-0.05, 0) is 32.0 Å². The predicted octanol–water partition coefficient (Wildman–Crippen LogP) is 0.278. The SMILES string of the molecule is CCN1CC(NC2CCNCC2C)C1. The highest BCUT2D eigenvalue weighted by Gasteiger charge is 2.29. The molecule has 2 aliphatic heterocycles. The maximum absolute atomic E-state index is 3.79. The van der Waals surface area contributed by atoms with Crippen molar-refractivity contribution in [2.24, 2.45) is 5.92 Å². The average Bonchev–Trinajstić information content (AvgIpc) is 2.13. The maximum atomic E-state index is 3.79. The van der Waals surface area contributed by atoms with Crippen molar-refractivity contribution in [2.75, 3.05) is 32.7 Å². The first-order valence-electron chi connectivity index (χ1n) is 5.98. The van der Waals surface area contributed by atoms with Crippen molar-refractivity contribution in [2.45, 2.75) is 32.4 Å². The van der Waals surface area contributed by atoms with Gasteiger partial charge < -0.3 is 15.5 Å². The quantitative estimate of drug-likeness (QED) is 0.680. The van der Waals surface area contributed by atoms with E-state index in [0.29, 0.717) is 0 Å². The zero-order valence-electron chi connectivity index (χ0n) is 9.42. The van der Waals surface area contributed by atoms with E-state index in [1.165, 1.54) is 39.1 Å². The molecule has 2 N–H and O–H groups in total. The molecule has 2 rings (SSSR count). The Morgan fingerprint density at radius 3 is 2.86 bits per heavy atom. The second-order valence-corrected chi connectivity index (χ2v) is 4.79. The van der Waals surface area contributed by atoms with Crippen molar-refractivity contribution >= 4 is 0 Å². The van der Waals surface area contributed by atoms with Crippen LogP contribution in [-0.4, -0.2) is 49.7 Å². The van der Waals surface area contributed by atoms with Crippen LogP contribution in [0, 0.1) is 5.92 Å². The molecule has 2 aliphatic rings. The van der Waals surface area contributed by atoms with Crippen molar-refractivity contribution in [1.29, 1.82) is 0 Å². The lowest BCUT2D eigenvalue weighted by Gasteiger charge is -2.43. The van der Waals surface area contributed by atoms with E-state index in [0.717, 1.165) is 18.0 Å². The highest BCUT2D eigenvalue weighted by atomic mass is 15.2. The van der Waals surface area contributed by atoms with Crippen molar-refractivity contribution in [3.63, 3.8) is 0 Å². The Balaban J connectivity index is 1.69. The summed E-state index contributed by atoms with van der Waals surface area (Å²) < 4.78 is 0. The number of hydrogen-bond donors (Lipinski definition) is 2. The molecule has 0 bridgehead atoms. The fourth-order valence-corrected chi connectivity index (χ4v) is 2.50. The van der Waals surface area contributed by atoms with E-state index in [-0.39, 0.29) is 0 Å². The fourth-order valence-electron chi connectivity index (χ4n) is 2.50. The van der Waals surface area contributed by atoms with E-state index < -0.39 is 0 Å². The van der Waals surface area contributed by atoms with Gasteiger partial charge in [-0.3, -0.25) is 0 Å². The zero-order chi connectivity index (χ0) is 9.97. The lowest BCUT2D eigenvalue weighted by molar-refractivity contribution is 0.111. The van der Waals surface area contributed by atoms with Crippen molar-refractivity contribution in [1.82, 2.24) is 15.5 Å². The molecule has 2 unspecified atom stereocenters. The van der Waals surface area contributed by atoms with Crippen LogP contribution in [0.15, 0.2) is 0 Å². The van der Waals surface area contributed by atoms with Gasteiger partial charge in [0.2, 0.25) is 0 Å². The van der Waals surface area contributed by atoms with Gasteiger partial charge in [0.25, 0.3) is 0 Å². The third kappa shape index (κ3) is 2.27. The topological polar surface area (TPSA) is 27.3 Å². The van der Waals surface area contributed by atoms with Crippen molar-refractivity contribution in [3.8, 4) is 0 Å². The molecule has 2 saturated heterocycles.